The summed E-state index contributed by atoms with van der Waals surface area (Å²) in [6.45, 7) is 1.81. The molecular weight excluding hydrogens is 322 g/mol. The summed E-state index contributed by atoms with van der Waals surface area (Å²) < 4.78 is 7.28. The van der Waals surface area contributed by atoms with E-state index in [0.29, 0.717) is 11.6 Å². The molecule has 0 saturated carbocycles. The molecule has 2 aromatic rings. The Hall–Kier alpha value is -2.08. The zero-order chi connectivity index (χ0) is 14.7. The van der Waals surface area contributed by atoms with Gasteiger partial charge in [0.05, 0.1) is 13.3 Å². The van der Waals surface area contributed by atoms with E-state index in [1.165, 1.54) is 12.3 Å². The molecule has 1 aromatic heterocycles. The number of methoxy groups -OCH3 is 1. The molecule has 0 aliphatic heterocycles. The van der Waals surface area contributed by atoms with Crippen molar-refractivity contribution < 1.29 is 4.74 Å². The van der Waals surface area contributed by atoms with Crippen molar-refractivity contribution in [3.8, 4) is 5.75 Å². The number of aromatic nitrogens is 1. The SMILES string of the molecule is COc1ccc(Br)cc1/C=N\n1c(N)cc(C)cc1=O. The van der Waals surface area contributed by atoms with Crippen molar-refractivity contribution in [2.24, 2.45) is 5.10 Å². The molecule has 20 heavy (non-hydrogen) atoms. The molecule has 2 N–H and O–H groups in total. The standard InChI is InChI=1S/C14H14BrN3O2/c1-9-5-13(16)18(14(19)6-9)17-8-10-7-11(15)3-4-12(10)20-2/h3-8H,16H2,1-2H3/b17-8-. The number of aryl methyl sites for hydroxylation is 1. The summed E-state index contributed by atoms with van der Waals surface area (Å²) in [6.07, 6.45) is 1.54. The number of anilines is 1. The van der Waals surface area contributed by atoms with E-state index in [4.69, 9.17) is 10.5 Å². The number of pyridine rings is 1. The van der Waals surface area contributed by atoms with E-state index in [2.05, 4.69) is 21.0 Å². The van der Waals surface area contributed by atoms with Gasteiger partial charge < -0.3 is 10.5 Å². The van der Waals surface area contributed by atoms with Crippen LogP contribution in [0.1, 0.15) is 11.1 Å². The molecule has 0 saturated heterocycles. The Morgan fingerprint density at radius 2 is 2.10 bits per heavy atom. The smallest absolute Gasteiger partial charge is 0.273 e. The second kappa shape index (κ2) is 5.92. The van der Waals surface area contributed by atoms with Gasteiger partial charge in [0, 0.05) is 16.1 Å². The van der Waals surface area contributed by atoms with Gasteiger partial charge in [-0.1, -0.05) is 15.9 Å². The van der Waals surface area contributed by atoms with Gasteiger partial charge in [-0.3, -0.25) is 4.79 Å². The zero-order valence-electron chi connectivity index (χ0n) is 11.1. The van der Waals surface area contributed by atoms with Crippen molar-refractivity contribution in [2.45, 2.75) is 6.92 Å². The summed E-state index contributed by atoms with van der Waals surface area (Å²) in [5.74, 6) is 0.955. The van der Waals surface area contributed by atoms with Gasteiger partial charge in [0.25, 0.3) is 5.56 Å². The van der Waals surface area contributed by atoms with Crippen LogP contribution in [0.2, 0.25) is 0 Å². The minimum atomic E-state index is -0.271. The topological polar surface area (TPSA) is 69.6 Å². The lowest BCUT2D eigenvalue weighted by molar-refractivity contribution is 0.414. The van der Waals surface area contributed by atoms with Crippen LogP contribution < -0.4 is 16.0 Å². The first-order valence-electron chi connectivity index (χ1n) is 5.88. The predicted molar refractivity (Wildman–Crippen MR) is 83.5 cm³/mol. The Morgan fingerprint density at radius 1 is 1.35 bits per heavy atom. The largest absolute Gasteiger partial charge is 0.496 e. The van der Waals surface area contributed by atoms with E-state index < -0.39 is 0 Å². The average molecular weight is 336 g/mol. The number of nitrogen functional groups attached to an aromatic ring is 1. The number of rotatable bonds is 3. The molecule has 0 atom stereocenters. The molecule has 0 spiro atoms. The van der Waals surface area contributed by atoms with Crippen molar-refractivity contribution >= 4 is 28.0 Å². The molecule has 1 heterocycles. The minimum Gasteiger partial charge on any atom is -0.496 e. The summed E-state index contributed by atoms with van der Waals surface area (Å²) in [7, 11) is 1.58. The Morgan fingerprint density at radius 3 is 2.75 bits per heavy atom. The number of hydrogen-bond donors (Lipinski definition) is 1. The highest BCUT2D eigenvalue weighted by Crippen LogP contribution is 2.21. The summed E-state index contributed by atoms with van der Waals surface area (Å²) in [6, 6.07) is 8.69. The van der Waals surface area contributed by atoms with Gasteiger partial charge in [-0.2, -0.15) is 9.78 Å². The molecule has 0 amide bonds. The van der Waals surface area contributed by atoms with E-state index in [-0.39, 0.29) is 5.56 Å². The fourth-order valence-corrected chi connectivity index (χ4v) is 2.15. The molecule has 1 aromatic carbocycles. The molecule has 5 nitrogen and oxygen atoms in total. The van der Waals surface area contributed by atoms with Crippen LogP contribution in [0.5, 0.6) is 5.75 Å². The fraction of sp³-hybridized carbons (Fsp3) is 0.143. The highest BCUT2D eigenvalue weighted by molar-refractivity contribution is 9.10. The van der Waals surface area contributed by atoms with Crippen LogP contribution in [-0.4, -0.2) is 18.0 Å². The number of hydrogen-bond acceptors (Lipinski definition) is 4. The normalized spacial score (nSPS) is 10.9. The van der Waals surface area contributed by atoms with Gasteiger partial charge >= 0.3 is 0 Å². The number of ether oxygens (including phenoxy) is 1. The highest BCUT2D eigenvalue weighted by Gasteiger charge is 2.03. The van der Waals surface area contributed by atoms with Gasteiger partial charge in [0.15, 0.2) is 0 Å². The third-order valence-electron chi connectivity index (χ3n) is 2.68. The fourth-order valence-electron chi connectivity index (χ4n) is 1.77. The van der Waals surface area contributed by atoms with Crippen molar-refractivity contribution in [1.82, 2.24) is 4.68 Å². The molecule has 0 bridgehead atoms. The maximum atomic E-state index is 11.8. The Labute approximate surface area is 124 Å². The van der Waals surface area contributed by atoms with Gasteiger partial charge in [0.2, 0.25) is 0 Å². The summed E-state index contributed by atoms with van der Waals surface area (Å²) in [5, 5.41) is 4.12. The van der Waals surface area contributed by atoms with Crippen LogP contribution in [0.4, 0.5) is 5.82 Å². The quantitative estimate of drug-likeness (QED) is 0.875. The van der Waals surface area contributed by atoms with Crippen molar-refractivity contribution in [3.63, 3.8) is 0 Å². The molecule has 0 aliphatic carbocycles. The minimum absolute atomic E-state index is 0.271. The molecule has 2 rings (SSSR count). The number of nitrogens with zero attached hydrogens (tertiary/aromatic N) is 2. The van der Waals surface area contributed by atoms with Crippen molar-refractivity contribution in [3.05, 3.63) is 56.3 Å². The van der Waals surface area contributed by atoms with Crippen LogP contribution >= 0.6 is 15.9 Å². The Balaban J connectivity index is 2.45. The molecule has 0 unspecified atom stereocenters. The molecule has 0 radical (unpaired) electrons. The monoisotopic (exact) mass is 335 g/mol. The zero-order valence-corrected chi connectivity index (χ0v) is 12.7. The second-order valence-corrected chi connectivity index (χ2v) is 5.15. The third-order valence-corrected chi connectivity index (χ3v) is 3.18. The predicted octanol–water partition coefficient (Wildman–Crippen LogP) is 2.39. The van der Waals surface area contributed by atoms with Crippen molar-refractivity contribution in [2.75, 3.05) is 12.8 Å². The van der Waals surface area contributed by atoms with Gasteiger partial charge in [-0.05, 0) is 36.8 Å². The Kier molecular flexibility index (Phi) is 4.24. The first kappa shape index (κ1) is 14.3. The van der Waals surface area contributed by atoms with Crippen LogP contribution in [0.3, 0.4) is 0 Å². The molecule has 6 heteroatoms. The number of nitrogens with two attached hydrogens (primary N) is 1. The lowest BCUT2D eigenvalue weighted by Gasteiger charge is -2.06. The summed E-state index contributed by atoms with van der Waals surface area (Å²) in [5.41, 5.74) is 7.07. The van der Waals surface area contributed by atoms with E-state index in [9.17, 15) is 4.79 Å². The average Bonchev–Trinajstić information content (AvgIpc) is 2.37. The van der Waals surface area contributed by atoms with E-state index in [1.54, 1.807) is 13.2 Å². The molecular formula is C14H14BrN3O2. The van der Waals surface area contributed by atoms with Gasteiger partial charge in [-0.25, -0.2) is 0 Å². The van der Waals surface area contributed by atoms with E-state index in [1.807, 2.05) is 25.1 Å². The lowest BCUT2D eigenvalue weighted by atomic mass is 10.2. The lowest BCUT2D eigenvalue weighted by Crippen LogP contribution is -2.19. The number of benzene rings is 1. The maximum Gasteiger partial charge on any atom is 0.273 e. The van der Waals surface area contributed by atoms with Crippen LogP contribution in [-0.2, 0) is 0 Å². The molecule has 104 valence electrons. The van der Waals surface area contributed by atoms with E-state index >= 15 is 0 Å². The van der Waals surface area contributed by atoms with Crippen molar-refractivity contribution in [1.29, 1.82) is 0 Å². The first-order chi connectivity index (χ1) is 9.51. The number of halogens is 1. The first-order valence-corrected chi connectivity index (χ1v) is 6.67. The van der Waals surface area contributed by atoms with Gasteiger partial charge in [-0.15, -0.1) is 0 Å². The molecule has 0 fully saturated rings. The highest BCUT2D eigenvalue weighted by atomic mass is 79.9. The van der Waals surface area contributed by atoms with E-state index in [0.717, 1.165) is 20.3 Å². The van der Waals surface area contributed by atoms with Crippen LogP contribution in [0, 0.1) is 6.92 Å². The summed E-state index contributed by atoms with van der Waals surface area (Å²) >= 11 is 3.38. The maximum absolute atomic E-state index is 11.8. The third kappa shape index (κ3) is 3.08. The van der Waals surface area contributed by atoms with Crippen LogP contribution in [0.15, 0.2) is 44.7 Å². The second-order valence-electron chi connectivity index (χ2n) is 4.24. The Bertz CT molecular complexity index is 723. The molecule has 0 aliphatic rings. The summed E-state index contributed by atoms with van der Waals surface area (Å²) in [4.78, 5) is 11.8. The van der Waals surface area contributed by atoms with Gasteiger partial charge in [0.1, 0.15) is 11.6 Å². The van der Waals surface area contributed by atoms with Crippen LogP contribution in [0.25, 0.3) is 0 Å².